The highest BCUT2D eigenvalue weighted by Gasteiger charge is 2.39. The molecule has 0 heterocycles. The minimum absolute atomic E-state index is 0.240. The summed E-state index contributed by atoms with van der Waals surface area (Å²) in [4.78, 5) is 11.4. The van der Waals surface area contributed by atoms with Crippen LogP contribution in [-0.2, 0) is 4.79 Å². The number of Topliss-reactive ketones (excluding diaryl/α,β-unsaturated/α-hetero) is 1. The van der Waals surface area contributed by atoms with Gasteiger partial charge in [-0.3, -0.25) is 4.79 Å². The number of hydrogen-bond acceptors (Lipinski definition) is 1. The lowest BCUT2D eigenvalue weighted by Crippen LogP contribution is -2.38. The van der Waals surface area contributed by atoms with E-state index in [4.69, 9.17) is 0 Å². The van der Waals surface area contributed by atoms with Crippen molar-refractivity contribution in [3.63, 3.8) is 0 Å². The van der Waals surface area contributed by atoms with Crippen LogP contribution in [0.3, 0.4) is 0 Å². The summed E-state index contributed by atoms with van der Waals surface area (Å²) in [5, 5.41) is 0. The lowest BCUT2D eigenvalue weighted by molar-refractivity contribution is -0.128. The molecule has 12 heavy (non-hydrogen) atoms. The van der Waals surface area contributed by atoms with Crippen LogP contribution in [0.15, 0.2) is 0 Å². The predicted molar refractivity (Wildman–Crippen MR) is 51.0 cm³/mol. The minimum Gasteiger partial charge on any atom is -0.300 e. The largest absolute Gasteiger partial charge is 0.300 e. The second-order valence-corrected chi connectivity index (χ2v) is 4.95. The number of ketones is 1. The Morgan fingerprint density at radius 1 is 1.42 bits per heavy atom. The van der Waals surface area contributed by atoms with Crippen molar-refractivity contribution < 1.29 is 4.79 Å². The Balaban J connectivity index is 2.81. The van der Waals surface area contributed by atoms with Gasteiger partial charge in [-0.2, -0.15) is 0 Å². The third-order valence-electron chi connectivity index (χ3n) is 3.33. The van der Waals surface area contributed by atoms with Gasteiger partial charge >= 0.3 is 0 Å². The van der Waals surface area contributed by atoms with Crippen molar-refractivity contribution in [2.75, 3.05) is 0 Å². The van der Waals surface area contributed by atoms with Gasteiger partial charge in [-0.1, -0.05) is 27.2 Å². The van der Waals surface area contributed by atoms with Crippen LogP contribution in [0.2, 0.25) is 0 Å². The normalized spacial score (nSPS) is 34.7. The highest BCUT2D eigenvalue weighted by atomic mass is 16.1. The Kier molecular flexibility index (Phi) is 2.60. The van der Waals surface area contributed by atoms with Gasteiger partial charge in [0.15, 0.2) is 0 Å². The molecule has 1 unspecified atom stereocenters. The van der Waals surface area contributed by atoms with Crippen molar-refractivity contribution in [3.8, 4) is 0 Å². The van der Waals surface area contributed by atoms with Gasteiger partial charge in [0.2, 0.25) is 0 Å². The zero-order valence-electron chi connectivity index (χ0n) is 8.68. The average molecular weight is 168 g/mol. The molecule has 0 amide bonds. The van der Waals surface area contributed by atoms with E-state index in [1.165, 1.54) is 19.3 Å². The molecule has 0 N–H and O–H groups in total. The molecule has 0 bridgehead atoms. The van der Waals surface area contributed by atoms with Crippen molar-refractivity contribution in [2.24, 2.45) is 17.3 Å². The summed E-state index contributed by atoms with van der Waals surface area (Å²) in [6.45, 7) is 8.42. The fourth-order valence-corrected chi connectivity index (χ4v) is 2.92. The highest BCUT2D eigenvalue weighted by molar-refractivity contribution is 5.79. The molecule has 0 spiro atoms. The third kappa shape index (κ3) is 1.70. The van der Waals surface area contributed by atoms with Crippen LogP contribution in [0.25, 0.3) is 0 Å². The smallest absolute Gasteiger partial charge is 0.133 e. The van der Waals surface area contributed by atoms with Crippen LogP contribution in [0.4, 0.5) is 0 Å². The quantitative estimate of drug-likeness (QED) is 0.588. The number of hydrogen-bond donors (Lipinski definition) is 0. The molecule has 0 aromatic carbocycles. The van der Waals surface area contributed by atoms with Gasteiger partial charge in [0, 0.05) is 5.92 Å². The molecule has 1 saturated carbocycles. The number of carbonyl (C=O) groups excluding carboxylic acids is 1. The molecular formula is C11H20O. The van der Waals surface area contributed by atoms with E-state index in [-0.39, 0.29) is 5.41 Å². The van der Waals surface area contributed by atoms with Gasteiger partial charge < -0.3 is 0 Å². The zero-order valence-corrected chi connectivity index (χ0v) is 8.68. The van der Waals surface area contributed by atoms with Crippen molar-refractivity contribution >= 4 is 5.78 Å². The van der Waals surface area contributed by atoms with E-state index in [0.717, 1.165) is 0 Å². The van der Waals surface area contributed by atoms with E-state index in [9.17, 15) is 4.79 Å². The van der Waals surface area contributed by atoms with E-state index in [0.29, 0.717) is 17.6 Å². The van der Waals surface area contributed by atoms with Gasteiger partial charge in [0.05, 0.1) is 0 Å². The molecule has 0 aromatic rings. The summed E-state index contributed by atoms with van der Waals surface area (Å²) in [6, 6.07) is 0. The second-order valence-electron chi connectivity index (χ2n) is 4.95. The van der Waals surface area contributed by atoms with Crippen LogP contribution >= 0.6 is 0 Å². The van der Waals surface area contributed by atoms with Crippen LogP contribution in [-0.4, -0.2) is 5.78 Å². The average Bonchev–Trinajstić information content (AvgIpc) is 1.82. The van der Waals surface area contributed by atoms with Crippen molar-refractivity contribution in [3.05, 3.63) is 0 Å². The van der Waals surface area contributed by atoms with Gasteiger partial charge in [-0.05, 0) is 31.1 Å². The summed E-state index contributed by atoms with van der Waals surface area (Å²) in [5.74, 6) is 1.27. The Bertz CT molecular complexity index is 181. The highest BCUT2D eigenvalue weighted by Crippen LogP contribution is 2.44. The van der Waals surface area contributed by atoms with Crippen LogP contribution in [0, 0.1) is 17.3 Å². The first-order valence-electron chi connectivity index (χ1n) is 4.95. The van der Waals surface area contributed by atoms with E-state index in [1.807, 2.05) is 0 Å². The molecule has 1 heteroatoms. The summed E-state index contributed by atoms with van der Waals surface area (Å²) in [6.07, 6.45) is 3.73. The van der Waals surface area contributed by atoms with Crippen LogP contribution in [0.5, 0.6) is 0 Å². The van der Waals surface area contributed by atoms with E-state index in [2.05, 4.69) is 20.8 Å². The summed E-state index contributed by atoms with van der Waals surface area (Å²) in [7, 11) is 0. The molecule has 0 aliphatic heterocycles. The standard InChI is InChI=1S/C11H20O/c1-8-6-5-7-11(3,4)10(8)9(2)12/h8,10H,5-7H2,1-4H3/t8-,10?/m1/s1. The maximum absolute atomic E-state index is 11.4. The van der Waals surface area contributed by atoms with Gasteiger partial charge in [0.25, 0.3) is 0 Å². The Morgan fingerprint density at radius 3 is 2.33 bits per heavy atom. The molecule has 0 saturated heterocycles. The summed E-state index contributed by atoms with van der Waals surface area (Å²) in [5.41, 5.74) is 0.240. The summed E-state index contributed by atoms with van der Waals surface area (Å²) >= 11 is 0. The Hall–Kier alpha value is -0.330. The van der Waals surface area contributed by atoms with E-state index < -0.39 is 0 Å². The van der Waals surface area contributed by atoms with E-state index >= 15 is 0 Å². The Labute approximate surface area is 75.5 Å². The summed E-state index contributed by atoms with van der Waals surface area (Å²) < 4.78 is 0. The fourth-order valence-electron chi connectivity index (χ4n) is 2.92. The van der Waals surface area contributed by atoms with Gasteiger partial charge in [-0.15, -0.1) is 0 Å². The zero-order chi connectivity index (χ0) is 9.35. The van der Waals surface area contributed by atoms with E-state index in [1.54, 1.807) is 6.92 Å². The molecule has 2 atom stereocenters. The lowest BCUT2D eigenvalue weighted by atomic mass is 9.63. The SMILES string of the molecule is CC(=O)C1[C@H](C)CCCC1(C)C. The molecule has 1 nitrogen and oxygen atoms in total. The molecule has 1 fully saturated rings. The van der Waals surface area contributed by atoms with Crippen molar-refractivity contribution in [1.29, 1.82) is 0 Å². The molecule has 0 aromatic heterocycles. The number of rotatable bonds is 1. The molecule has 1 aliphatic carbocycles. The number of carbonyl (C=O) groups is 1. The molecule has 1 rings (SSSR count). The van der Waals surface area contributed by atoms with Crippen LogP contribution < -0.4 is 0 Å². The topological polar surface area (TPSA) is 17.1 Å². The Morgan fingerprint density at radius 2 is 2.00 bits per heavy atom. The third-order valence-corrected chi connectivity index (χ3v) is 3.33. The van der Waals surface area contributed by atoms with Crippen molar-refractivity contribution in [2.45, 2.75) is 47.0 Å². The first-order valence-corrected chi connectivity index (χ1v) is 4.95. The fraction of sp³-hybridized carbons (Fsp3) is 0.909. The van der Waals surface area contributed by atoms with Crippen molar-refractivity contribution in [1.82, 2.24) is 0 Å². The first-order chi connectivity index (χ1) is 5.45. The molecule has 70 valence electrons. The lowest BCUT2D eigenvalue weighted by Gasteiger charge is -2.41. The second kappa shape index (κ2) is 3.20. The maximum Gasteiger partial charge on any atom is 0.133 e. The molecule has 0 radical (unpaired) electrons. The van der Waals surface area contributed by atoms with Gasteiger partial charge in [0.1, 0.15) is 5.78 Å². The van der Waals surface area contributed by atoms with Crippen LogP contribution in [0.1, 0.15) is 47.0 Å². The maximum atomic E-state index is 11.4. The predicted octanol–water partition coefficient (Wildman–Crippen LogP) is 3.04. The molecule has 1 aliphatic rings. The molecular weight excluding hydrogens is 148 g/mol. The minimum atomic E-state index is 0.240. The van der Waals surface area contributed by atoms with Gasteiger partial charge in [-0.25, -0.2) is 0 Å². The monoisotopic (exact) mass is 168 g/mol. The first kappa shape index (κ1) is 9.76.